The number of halogens is 2. The van der Waals surface area contributed by atoms with Gasteiger partial charge in [0.05, 0.1) is 13.2 Å². The van der Waals surface area contributed by atoms with E-state index in [9.17, 15) is 22.9 Å². The number of nitrogens with one attached hydrogen (secondary N) is 3. The van der Waals surface area contributed by atoms with Crippen LogP contribution in [0.15, 0.2) is 24.3 Å². The van der Waals surface area contributed by atoms with Gasteiger partial charge in [-0.2, -0.15) is 0 Å². The lowest BCUT2D eigenvalue weighted by atomic mass is 10.0. The monoisotopic (exact) mass is 463 g/mol. The van der Waals surface area contributed by atoms with Crippen LogP contribution in [0.5, 0.6) is 0 Å². The largest absolute Gasteiger partial charge is 0.349 e. The Labute approximate surface area is 182 Å². The third-order valence-electron chi connectivity index (χ3n) is 4.08. The van der Waals surface area contributed by atoms with Gasteiger partial charge in [-0.1, -0.05) is 26.0 Å². The summed E-state index contributed by atoms with van der Waals surface area (Å²) in [4.78, 5) is 24.9. The first-order chi connectivity index (χ1) is 14.4. The van der Waals surface area contributed by atoms with Gasteiger partial charge in [0.2, 0.25) is 5.91 Å². The van der Waals surface area contributed by atoms with Gasteiger partial charge in [0.25, 0.3) is 5.92 Å². The van der Waals surface area contributed by atoms with E-state index >= 15 is 0 Å². The summed E-state index contributed by atoms with van der Waals surface area (Å²) < 4.78 is 49.4. The van der Waals surface area contributed by atoms with Crippen LogP contribution in [0, 0.1) is 5.92 Å². The van der Waals surface area contributed by atoms with Crippen LogP contribution in [0.3, 0.4) is 0 Å². The number of hydrogen-bond donors (Lipinski definition) is 3. The van der Waals surface area contributed by atoms with Crippen molar-refractivity contribution in [1.82, 2.24) is 10.6 Å². The summed E-state index contributed by atoms with van der Waals surface area (Å²) in [5.41, 5.74) is 0.120. The minimum Gasteiger partial charge on any atom is -0.343 e. The maximum absolute atomic E-state index is 13.3. The van der Waals surface area contributed by atoms with E-state index in [0.29, 0.717) is 12.1 Å². The molecule has 1 atom stereocenters. The van der Waals surface area contributed by atoms with E-state index in [-0.39, 0.29) is 31.0 Å². The van der Waals surface area contributed by atoms with Gasteiger partial charge in [0.1, 0.15) is 12.3 Å². The van der Waals surface area contributed by atoms with Crippen LogP contribution in [-0.4, -0.2) is 37.5 Å². The van der Waals surface area contributed by atoms with Gasteiger partial charge < -0.3 is 25.0 Å². The van der Waals surface area contributed by atoms with Gasteiger partial charge >= 0.3 is 13.6 Å². The predicted molar refractivity (Wildman–Crippen MR) is 115 cm³/mol. The first-order valence-electron chi connectivity index (χ1n) is 10.1. The fourth-order valence-corrected chi connectivity index (χ4v) is 4.09. The van der Waals surface area contributed by atoms with Crippen LogP contribution in [0.2, 0.25) is 0 Å². The molecule has 0 aliphatic carbocycles. The zero-order valence-electron chi connectivity index (χ0n) is 18.5. The second kappa shape index (κ2) is 12.1. The summed E-state index contributed by atoms with van der Waals surface area (Å²) >= 11 is 0. The summed E-state index contributed by atoms with van der Waals surface area (Å²) in [6, 6.07) is 3.56. The predicted octanol–water partition coefficient (Wildman–Crippen LogP) is 4.67. The summed E-state index contributed by atoms with van der Waals surface area (Å²) in [6.45, 7) is 8.19. The lowest BCUT2D eigenvalue weighted by Crippen LogP contribution is -2.49. The van der Waals surface area contributed by atoms with Crippen molar-refractivity contribution in [3.63, 3.8) is 0 Å². The lowest BCUT2D eigenvalue weighted by molar-refractivity contribution is -0.123. The van der Waals surface area contributed by atoms with Crippen molar-refractivity contribution in [2.24, 2.45) is 5.92 Å². The van der Waals surface area contributed by atoms with Crippen molar-refractivity contribution in [2.75, 3.05) is 24.8 Å². The maximum Gasteiger partial charge on any atom is 0.349 e. The molecule has 8 nitrogen and oxygen atoms in total. The summed E-state index contributed by atoms with van der Waals surface area (Å²) in [6.07, 6.45) is 0.00587. The molecule has 0 spiro atoms. The number of urea groups is 1. The highest BCUT2D eigenvalue weighted by Gasteiger charge is 2.28. The number of amides is 3. The molecule has 0 saturated heterocycles. The Bertz CT molecular complexity index is 759. The first-order valence-corrected chi connectivity index (χ1v) is 11.8. The van der Waals surface area contributed by atoms with E-state index in [1.165, 1.54) is 24.3 Å². The second-order valence-corrected chi connectivity index (χ2v) is 9.45. The minimum atomic E-state index is -3.48. The normalized spacial score (nSPS) is 13.0. The lowest BCUT2D eigenvalue weighted by Gasteiger charge is -2.22. The van der Waals surface area contributed by atoms with Crippen molar-refractivity contribution >= 4 is 25.2 Å². The van der Waals surface area contributed by atoms with E-state index in [1.807, 2.05) is 13.8 Å². The van der Waals surface area contributed by atoms with Crippen molar-refractivity contribution in [3.05, 3.63) is 29.8 Å². The molecule has 31 heavy (non-hydrogen) atoms. The van der Waals surface area contributed by atoms with Gasteiger partial charge in [0, 0.05) is 18.2 Å². The minimum absolute atomic E-state index is 0.0766. The number of rotatable bonds is 12. The molecule has 176 valence electrons. The quantitative estimate of drug-likeness (QED) is 0.391. The van der Waals surface area contributed by atoms with Crippen LogP contribution in [0.1, 0.15) is 46.6 Å². The van der Waals surface area contributed by atoms with Gasteiger partial charge in [0.15, 0.2) is 0 Å². The Kier molecular flexibility index (Phi) is 10.6. The van der Waals surface area contributed by atoms with Crippen LogP contribution in [0.25, 0.3) is 0 Å². The molecule has 3 N–H and O–H groups in total. The number of carbonyl (C=O) groups excluding carboxylic acids is 2. The molecule has 0 saturated carbocycles. The van der Waals surface area contributed by atoms with E-state index in [1.54, 1.807) is 13.8 Å². The molecular formula is C20H32F2N3O5P. The zero-order valence-corrected chi connectivity index (χ0v) is 19.4. The molecule has 0 fully saturated rings. The summed E-state index contributed by atoms with van der Waals surface area (Å²) in [5.74, 6) is -3.44. The highest BCUT2D eigenvalue weighted by Crippen LogP contribution is 2.46. The van der Waals surface area contributed by atoms with E-state index < -0.39 is 31.5 Å². The van der Waals surface area contributed by atoms with Gasteiger partial charge in [-0.25, -0.2) is 13.6 Å². The number of anilines is 1. The molecule has 0 radical (unpaired) electrons. The van der Waals surface area contributed by atoms with Crippen molar-refractivity contribution in [3.8, 4) is 0 Å². The van der Waals surface area contributed by atoms with E-state index in [2.05, 4.69) is 16.0 Å². The van der Waals surface area contributed by atoms with E-state index in [4.69, 9.17) is 9.05 Å². The third kappa shape index (κ3) is 9.76. The number of carbonyl (C=O) groups is 2. The van der Waals surface area contributed by atoms with Crippen molar-refractivity contribution < 1.29 is 32.0 Å². The standard InChI is InChI=1S/C20H32F2N3O5P/c1-6-29-31(28,30-7-2)13-23-18(26)17(12-14(3)4)25-19(27)24-16-10-8-15(9-11-16)20(5,21)22/h8-11,14,17H,6-7,12-13H2,1-5H3,(H,23,26)(H2,24,25,27). The van der Waals surface area contributed by atoms with E-state index in [0.717, 1.165) is 6.92 Å². The maximum atomic E-state index is 13.3. The number of alkyl halides is 2. The molecule has 3 amide bonds. The van der Waals surface area contributed by atoms with Gasteiger partial charge in [-0.05, 0) is 38.3 Å². The molecule has 1 aromatic carbocycles. The molecule has 0 bridgehead atoms. The number of hydrogen-bond acceptors (Lipinski definition) is 5. The van der Waals surface area contributed by atoms with Crippen LogP contribution in [-0.2, 0) is 24.3 Å². The molecule has 1 rings (SSSR count). The smallest absolute Gasteiger partial charge is 0.343 e. The van der Waals surface area contributed by atoms with Crippen LogP contribution >= 0.6 is 7.60 Å². The second-order valence-electron chi connectivity index (χ2n) is 7.39. The molecular weight excluding hydrogens is 431 g/mol. The Morgan fingerprint density at radius 3 is 2.10 bits per heavy atom. The zero-order chi connectivity index (χ0) is 23.7. The average molecular weight is 463 g/mol. The molecule has 0 aliphatic heterocycles. The SMILES string of the molecule is CCOP(=O)(CNC(=O)C(CC(C)C)NC(=O)Nc1ccc(C(C)(F)F)cc1)OCC. The molecule has 0 aromatic heterocycles. The fraction of sp³-hybridized carbons (Fsp3) is 0.600. The Balaban J connectivity index is 2.77. The highest BCUT2D eigenvalue weighted by atomic mass is 31.2. The van der Waals surface area contributed by atoms with Crippen LogP contribution < -0.4 is 16.0 Å². The number of benzene rings is 1. The summed E-state index contributed by atoms with van der Waals surface area (Å²) in [7, 11) is -3.48. The highest BCUT2D eigenvalue weighted by molar-refractivity contribution is 7.53. The molecule has 1 aromatic rings. The molecule has 11 heteroatoms. The summed E-state index contributed by atoms with van der Waals surface area (Å²) in [5, 5.41) is 7.59. The Morgan fingerprint density at radius 1 is 1.10 bits per heavy atom. The topological polar surface area (TPSA) is 106 Å². The van der Waals surface area contributed by atoms with Gasteiger partial charge in [-0.15, -0.1) is 0 Å². The molecule has 0 aliphatic rings. The third-order valence-corrected chi connectivity index (χ3v) is 5.93. The van der Waals surface area contributed by atoms with Gasteiger partial charge in [-0.3, -0.25) is 9.36 Å². The fourth-order valence-electron chi connectivity index (χ4n) is 2.69. The Morgan fingerprint density at radius 2 is 1.65 bits per heavy atom. The molecule has 1 unspecified atom stereocenters. The molecule has 0 heterocycles. The van der Waals surface area contributed by atoms with Crippen molar-refractivity contribution in [2.45, 2.75) is 53.0 Å². The first kappa shape index (κ1) is 27.0. The van der Waals surface area contributed by atoms with Crippen LogP contribution in [0.4, 0.5) is 19.3 Å². The Hall–Kier alpha value is -2.03. The average Bonchev–Trinajstić information content (AvgIpc) is 2.65. The van der Waals surface area contributed by atoms with Crippen molar-refractivity contribution in [1.29, 1.82) is 0 Å².